The van der Waals surface area contributed by atoms with Crippen LogP contribution in [-0.2, 0) is 19.6 Å². The lowest BCUT2D eigenvalue weighted by Crippen LogP contribution is -2.10. The zero-order chi connectivity index (χ0) is 17.6. The van der Waals surface area contributed by atoms with E-state index in [1.165, 1.54) is 5.56 Å². The van der Waals surface area contributed by atoms with E-state index < -0.39 is 0 Å². The highest BCUT2D eigenvalue weighted by molar-refractivity contribution is 5.76. The van der Waals surface area contributed by atoms with Gasteiger partial charge in [-0.05, 0) is 59.5 Å². The van der Waals surface area contributed by atoms with Gasteiger partial charge < -0.3 is 15.1 Å². The highest BCUT2D eigenvalue weighted by Crippen LogP contribution is 2.34. The molecular weight excluding hydrogens is 310 g/mol. The Morgan fingerprint density at radius 3 is 1.16 bits per heavy atom. The third-order valence-corrected chi connectivity index (χ3v) is 4.36. The molecule has 0 fully saturated rings. The predicted octanol–water partition coefficient (Wildman–Crippen LogP) is 4.70. The largest absolute Gasteiger partial charge is 0.392 e. The van der Waals surface area contributed by atoms with E-state index in [0.29, 0.717) is 0 Å². The van der Waals surface area contributed by atoms with Crippen molar-refractivity contribution in [3.8, 4) is 0 Å². The van der Waals surface area contributed by atoms with Crippen LogP contribution in [0.15, 0.2) is 72.8 Å². The minimum absolute atomic E-state index is 0.0384. The van der Waals surface area contributed by atoms with Crippen molar-refractivity contribution < 1.29 is 10.2 Å². The molecule has 3 heteroatoms. The molecule has 0 heterocycles. The van der Waals surface area contributed by atoms with Crippen LogP contribution in [0.5, 0.6) is 0 Å². The van der Waals surface area contributed by atoms with Gasteiger partial charge in [-0.2, -0.15) is 0 Å². The van der Waals surface area contributed by atoms with Crippen LogP contribution >= 0.6 is 0 Å². The molecular formula is C22H23NO2. The molecule has 3 nitrogen and oxygen atoms in total. The van der Waals surface area contributed by atoms with Crippen molar-refractivity contribution in [1.29, 1.82) is 0 Å². The first-order valence-electron chi connectivity index (χ1n) is 8.54. The summed E-state index contributed by atoms with van der Waals surface area (Å²) >= 11 is 0. The van der Waals surface area contributed by atoms with Crippen LogP contribution < -0.4 is 4.90 Å². The molecule has 0 aliphatic carbocycles. The fraction of sp³-hybridized carbons (Fsp3) is 0.182. The number of benzene rings is 3. The number of hydrogen-bond acceptors (Lipinski definition) is 3. The van der Waals surface area contributed by atoms with Gasteiger partial charge in [0.25, 0.3) is 0 Å². The van der Waals surface area contributed by atoms with Crippen molar-refractivity contribution in [2.45, 2.75) is 26.6 Å². The van der Waals surface area contributed by atoms with Crippen molar-refractivity contribution in [1.82, 2.24) is 0 Å². The van der Waals surface area contributed by atoms with Gasteiger partial charge in [0.2, 0.25) is 0 Å². The summed E-state index contributed by atoms with van der Waals surface area (Å²) in [5.74, 6) is 0. The van der Waals surface area contributed by atoms with Crippen LogP contribution in [0.4, 0.5) is 17.1 Å². The fourth-order valence-corrected chi connectivity index (χ4v) is 2.83. The van der Waals surface area contributed by atoms with E-state index in [-0.39, 0.29) is 13.2 Å². The third kappa shape index (κ3) is 3.90. The van der Waals surface area contributed by atoms with E-state index in [0.717, 1.165) is 34.6 Å². The quantitative estimate of drug-likeness (QED) is 0.687. The Balaban J connectivity index is 2.04. The van der Waals surface area contributed by atoms with E-state index >= 15 is 0 Å². The second kappa shape index (κ2) is 7.97. The van der Waals surface area contributed by atoms with Gasteiger partial charge in [0.05, 0.1) is 13.2 Å². The average Bonchev–Trinajstić information content (AvgIpc) is 2.70. The van der Waals surface area contributed by atoms with E-state index in [4.69, 9.17) is 0 Å². The van der Waals surface area contributed by atoms with Gasteiger partial charge >= 0.3 is 0 Å². The zero-order valence-electron chi connectivity index (χ0n) is 14.4. The summed E-state index contributed by atoms with van der Waals surface area (Å²) in [6.45, 7) is 2.22. The van der Waals surface area contributed by atoms with Gasteiger partial charge in [-0.3, -0.25) is 0 Å². The molecule has 0 aliphatic rings. The number of aryl methyl sites for hydroxylation is 1. The molecule has 0 atom stereocenters. The average molecular weight is 333 g/mol. The minimum Gasteiger partial charge on any atom is -0.392 e. The summed E-state index contributed by atoms with van der Waals surface area (Å²) in [4.78, 5) is 2.17. The maximum Gasteiger partial charge on any atom is 0.0681 e. The first-order chi connectivity index (χ1) is 12.2. The predicted molar refractivity (Wildman–Crippen MR) is 102 cm³/mol. The van der Waals surface area contributed by atoms with Crippen molar-refractivity contribution >= 4 is 17.1 Å². The molecule has 0 radical (unpaired) electrons. The zero-order valence-corrected chi connectivity index (χ0v) is 14.4. The second-order valence-corrected chi connectivity index (χ2v) is 6.00. The molecule has 0 bridgehead atoms. The molecule has 0 amide bonds. The van der Waals surface area contributed by atoms with E-state index in [1.54, 1.807) is 0 Å². The molecule has 3 aromatic rings. The summed E-state index contributed by atoms with van der Waals surface area (Å²) < 4.78 is 0. The fourth-order valence-electron chi connectivity index (χ4n) is 2.83. The molecule has 128 valence electrons. The van der Waals surface area contributed by atoms with Gasteiger partial charge in [-0.1, -0.05) is 43.3 Å². The van der Waals surface area contributed by atoms with Gasteiger partial charge in [-0.25, -0.2) is 0 Å². The molecule has 0 saturated heterocycles. The summed E-state index contributed by atoms with van der Waals surface area (Å²) in [6, 6.07) is 24.3. The van der Waals surface area contributed by atoms with Crippen LogP contribution in [-0.4, -0.2) is 10.2 Å². The van der Waals surface area contributed by atoms with Crippen molar-refractivity contribution in [2.24, 2.45) is 0 Å². The highest BCUT2D eigenvalue weighted by Gasteiger charge is 2.12. The molecule has 25 heavy (non-hydrogen) atoms. The van der Waals surface area contributed by atoms with Crippen molar-refractivity contribution in [2.75, 3.05) is 4.90 Å². The molecule has 0 saturated carbocycles. The van der Waals surface area contributed by atoms with Crippen molar-refractivity contribution in [3.63, 3.8) is 0 Å². The minimum atomic E-state index is 0.0384. The first kappa shape index (κ1) is 17.2. The number of aliphatic hydroxyl groups is 2. The molecule has 3 aromatic carbocycles. The number of rotatable bonds is 6. The number of aliphatic hydroxyl groups excluding tert-OH is 2. The standard InChI is InChI=1S/C22H23NO2/c1-2-17-3-9-20(10-4-17)23(21-11-5-18(15-24)6-12-21)22-13-7-19(16-25)8-14-22/h3-14,24-25H,2,15-16H2,1H3. The molecule has 0 aromatic heterocycles. The lowest BCUT2D eigenvalue weighted by molar-refractivity contribution is 0.281. The van der Waals surface area contributed by atoms with E-state index in [2.05, 4.69) is 36.1 Å². The van der Waals surface area contributed by atoms with E-state index in [9.17, 15) is 10.2 Å². The maximum absolute atomic E-state index is 9.28. The lowest BCUT2D eigenvalue weighted by atomic mass is 10.1. The monoisotopic (exact) mass is 333 g/mol. The molecule has 2 N–H and O–H groups in total. The smallest absolute Gasteiger partial charge is 0.0681 e. The second-order valence-electron chi connectivity index (χ2n) is 6.00. The Morgan fingerprint density at radius 2 is 0.880 bits per heavy atom. The molecule has 0 spiro atoms. The number of hydrogen-bond donors (Lipinski definition) is 2. The Morgan fingerprint density at radius 1 is 0.560 bits per heavy atom. The van der Waals surface area contributed by atoms with Crippen LogP contribution in [0.25, 0.3) is 0 Å². The van der Waals surface area contributed by atoms with Gasteiger partial charge in [-0.15, -0.1) is 0 Å². The van der Waals surface area contributed by atoms with E-state index in [1.807, 2.05) is 48.5 Å². The normalized spacial score (nSPS) is 10.7. The summed E-state index contributed by atoms with van der Waals surface area (Å²) in [5, 5.41) is 18.6. The van der Waals surface area contributed by atoms with Gasteiger partial charge in [0.1, 0.15) is 0 Å². The Hall–Kier alpha value is -2.62. The van der Waals surface area contributed by atoms with Crippen LogP contribution in [0.3, 0.4) is 0 Å². The SMILES string of the molecule is CCc1ccc(N(c2ccc(CO)cc2)c2ccc(CO)cc2)cc1. The number of nitrogens with zero attached hydrogens (tertiary/aromatic N) is 1. The summed E-state index contributed by atoms with van der Waals surface area (Å²) in [7, 11) is 0. The Bertz CT molecular complexity index is 680. The van der Waals surface area contributed by atoms with Gasteiger partial charge in [0, 0.05) is 17.1 Å². The van der Waals surface area contributed by atoms with Gasteiger partial charge in [0.15, 0.2) is 0 Å². The van der Waals surface area contributed by atoms with Crippen LogP contribution in [0.1, 0.15) is 23.6 Å². The summed E-state index contributed by atoms with van der Waals surface area (Å²) in [5.41, 5.74) is 6.21. The lowest BCUT2D eigenvalue weighted by Gasteiger charge is -2.26. The van der Waals surface area contributed by atoms with Crippen LogP contribution in [0.2, 0.25) is 0 Å². The molecule has 3 rings (SSSR count). The van der Waals surface area contributed by atoms with Crippen molar-refractivity contribution in [3.05, 3.63) is 89.5 Å². The summed E-state index contributed by atoms with van der Waals surface area (Å²) in [6.07, 6.45) is 1.01. The highest BCUT2D eigenvalue weighted by atomic mass is 16.3. The Kier molecular flexibility index (Phi) is 5.49. The van der Waals surface area contributed by atoms with Crippen LogP contribution in [0, 0.1) is 0 Å². The first-order valence-corrected chi connectivity index (χ1v) is 8.54. The topological polar surface area (TPSA) is 43.7 Å². The third-order valence-electron chi connectivity index (χ3n) is 4.36. The molecule has 0 unspecified atom stereocenters. The number of anilines is 3. The molecule has 0 aliphatic heterocycles. The maximum atomic E-state index is 9.28. The Labute approximate surface area is 148 Å².